The normalized spacial score (nSPS) is 12.3. The van der Waals surface area contributed by atoms with E-state index in [4.69, 9.17) is 4.74 Å². The quantitative estimate of drug-likeness (QED) is 0.792. The van der Waals surface area contributed by atoms with E-state index in [2.05, 4.69) is 15.6 Å². The molecule has 0 aliphatic rings. The van der Waals surface area contributed by atoms with Gasteiger partial charge in [0.05, 0.1) is 18.0 Å². The van der Waals surface area contributed by atoms with Crippen LogP contribution in [0, 0.1) is 0 Å². The highest BCUT2D eigenvalue weighted by Crippen LogP contribution is 2.30. The second kappa shape index (κ2) is 7.44. The summed E-state index contributed by atoms with van der Waals surface area (Å²) >= 11 is 1.56. The van der Waals surface area contributed by atoms with Crippen molar-refractivity contribution in [1.29, 1.82) is 0 Å². The van der Waals surface area contributed by atoms with Crippen molar-refractivity contribution in [2.45, 2.75) is 39.4 Å². The van der Waals surface area contributed by atoms with E-state index in [1.807, 2.05) is 39.8 Å². The molecule has 20 heavy (non-hydrogen) atoms. The minimum atomic E-state index is -0.257. The van der Waals surface area contributed by atoms with Gasteiger partial charge in [-0.1, -0.05) is 11.3 Å². The summed E-state index contributed by atoms with van der Waals surface area (Å²) < 4.78 is 5.27. The van der Waals surface area contributed by atoms with E-state index in [0.717, 1.165) is 10.0 Å². The Kier molecular flexibility index (Phi) is 6.22. The molecule has 1 atom stereocenters. The lowest BCUT2D eigenvalue weighted by Gasteiger charge is -2.15. The van der Waals surface area contributed by atoms with Crippen LogP contribution in [-0.2, 0) is 11.3 Å². The third-order valence-electron chi connectivity index (χ3n) is 2.62. The van der Waals surface area contributed by atoms with Gasteiger partial charge in [-0.2, -0.15) is 4.98 Å². The lowest BCUT2D eigenvalue weighted by atomic mass is 10.3. The summed E-state index contributed by atoms with van der Waals surface area (Å²) in [6, 6.07) is -0.114. The van der Waals surface area contributed by atoms with Crippen LogP contribution in [0.5, 0.6) is 5.88 Å². The number of nitrogens with zero attached hydrogens (tertiary/aromatic N) is 2. The molecule has 1 unspecified atom stereocenters. The molecule has 2 N–H and O–H groups in total. The fourth-order valence-electron chi connectivity index (χ4n) is 1.54. The number of rotatable bonds is 7. The first kappa shape index (κ1) is 16.7. The fourth-order valence-corrected chi connectivity index (χ4v) is 2.44. The predicted molar refractivity (Wildman–Crippen MR) is 82.6 cm³/mol. The summed E-state index contributed by atoms with van der Waals surface area (Å²) in [5.41, 5.74) is 0. The van der Waals surface area contributed by atoms with Crippen molar-refractivity contribution in [2.24, 2.45) is 0 Å². The molecule has 0 spiro atoms. The number of thiazole rings is 1. The first-order valence-corrected chi connectivity index (χ1v) is 7.41. The Morgan fingerprint density at radius 1 is 1.40 bits per heavy atom. The lowest BCUT2D eigenvalue weighted by Crippen LogP contribution is -2.44. The zero-order chi connectivity index (χ0) is 15.3. The van der Waals surface area contributed by atoms with Crippen molar-refractivity contribution < 1.29 is 9.53 Å². The standard InChI is InChI=1S/C13H24N4O2S/c1-8(2)15-11(18)9(3)14-7-10-12(19-6)16-13(20-10)17(4)5/h8-9,14H,7H2,1-6H3,(H,15,18). The van der Waals surface area contributed by atoms with Crippen LogP contribution in [0.25, 0.3) is 0 Å². The number of methoxy groups -OCH3 is 1. The van der Waals surface area contributed by atoms with Gasteiger partial charge in [0, 0.05) is 26.7 Å². The van der Waals surface area contributed by atoms with Crippen molar-refractivity contribution in [3.8, 4) is 5.88 Å². The van der Waals surface area contributed by atoms with E-state index in [9.17, 15) is 4.79 Å². The van der Waals surface area contributed by atoms with Gasteiger partial charge in [0.1, 0.15) is 0 Å². The van der Waals surface area contributed by atoms with E-state index in [0.29, 0.717) is 12.4 Å². The number of aromatic nitrogens is 1. The van der Waals surface area contributed by atoms with Gasteiger partial charge in [0.15, 0.2) is 5.13 Å². The molecule has 114 valence electrons. The zero-order valence-electron chi connectivity index (χ0n) is 13.0. The molecule has 1 aromatic rings. The van der Waals surface area contributed by atoms with E-state index >= 15 is 0 Å². The zero-order valence-corrected chi connectivity index (χ0v) is 13.8. The Morgan fingerprint density at radius 2 is 2.05 bits per heavy atom. The van der Waals surface area contributed by atoms with Gasteiger partial charge in [0.25, 0.3) is 0 Å². The predicted octanol–water partition coefficient (Wildman–Crippen LogP) is 1.22. The van der Waals surface area contributed by atoms with E-state index in [1.54, 1.807) is 18.4 Å². The number of anilines is 1. The molecule has 0 aliphatic carbocycles. The van der Waals surface area contributed by atoms with Gasteiger partial charge in [-0.3, -0.25) is 4.79 Å². The number of carbonyl (C=O) groups is 1. The Morgan fingerprint density at radius 3 is 2.55 bits per heavy atom. The molecule has 0 aliphatic heterocycles. The Labute approximate surface area is 124 Å². The molecule has 7 heteroatoms. The van der Waals surface area contributed by atoms with Crippen LogP contribution in [0.3, 0.4) is 0 Å². The third-order valence-corrected chi connectivity index (χ3v) is 3.82. The lowest BCUT2D eigenvalue weighted by molar-refractivity contribution is -0.123. The molecule has 0 fully saturated rings. The van der Waals surface area contributed by atoms with Crippen molar-refractivity contribution in [1.82, 2.24) is 15.6 Å². The first-order valence-electron chi connectivity index (χ1n) is 6.60. The Hall–Kier alpha value is -1.34. The minimum absolute atomic E-state index is 0.00341. The highest BCUT2D eigenvalue weighted by molar-refractivity contribution is 7.15. The number of nitrogens with one attached hydrogen (secondary N) is 2. The largest absolute Gasteiger partial charge is 0.480 e. The summed E-state index contributed by atoms with van der Waals surface area (Å²) in [7, 11) is 5.48. The molecule has 0 saturated heterocycles. The molecule has 0 saturated carbocycles. The van der Waals surface area contributed by atoms with Crippen LogP contribution in [0.2, 0.25) is 0 Å². The minimum Gasteiger partial charge on any atom is -0.480 e. The maximum absolute atomic E-state index is 11.8. The number of hydrogen-bond donors (Lipinski definition) is 2. The molecule has 0 bridgehead atoms. The summed E-state index contributed by atoms with van der Waals surface area (Å²) in [5, 5.41) is 6.96. The second-order valence-electron chi connectivity index (χ2n) is 5.09. The van der Waals surface area contributed by atoms with Crippen molar-refractivity contribution in [3.63, 3.8) is 0 Å². The molecule has 0 radical (unpaired) electrons. The van der Waals surface area contributed by atoms with Crippen LogP contribution < -0.4 is 20.3 Å². The number of ether oxygens (including phenoxy) is 1. The summed E-state index contributed by atoms with van der Waals surface area (Å²) in [4.78, 5) is 19.1. The third kappa shape index (κ3) is 4.64. The molecule has 6 nitrogen and oxygen atoms in total. The molecule has 1 amide bonds. The van der Waals surface area contributed by atoms with E-state index in [1.165, 1.54) is 0 Å². The van der Waals surface area contributed by atoms with Gasteiger partial charge in [0.2, 0.25) is 11.8 Å². The summed E-state index contributed by atoms with van der Waals surface area (Å²) in [6.07, 6.45) is 0. The Bertz CT molecular complexity index is 446. The van der Waals surface area contributed by atoms with Crippen LogP contribution in [0.1, 0.15) is 25.6 Å². The first-order chi connectivity index (χ1) is 9.35. The summed E-state index contributed by atoms with van der Waals surface area (Å²) in [6.45, 7) is 6.29. The molecular formula is C13H24N4O2S. The highest BCUT2D eigenvalue weighted by atomic mass is 32.1. The van der Waals surface area contributed by atoms with Crippen molar-refractivity contribution in [2.75, 3.05) is 26.1 Å². The van der Waals surface area contributed by atoms with E-state index in [-0.39, 0.29) is 18.0 Å². The van der Waals surface area contributed by atoms with Gasteiger partial charge in [-0.25, -0.2) is 0 Å². The maximum Gasteiger partial charge on any atom is 0.237 e. The van der Waals surface area contributed by atoms with Crippen LogP contribution in [0.15, 0.2) is 0 Å². The topological polar surface area (TPSA) is 66.5 Å². The van der Waals surface area contributed by atoms with Gasteiger partial charge >= 0.3 is 0 Å². The fraction of sp³-hybridized carbons (Fsp3) is 0.692. The van der Waals surface area contributed by atoms with Gasteiger partial charge < -0.3 is 20.3 Å². The van der Waals surface area contributed by atoms with Gasteiger partial charge in [-0.15, -0.1) is 0 Å². The van der Waals surface area contributed by atoms with Crippen molar-refractivity contribution in [3.05, 3.63) is 4.88 Å². The molecule has 0 aromatic carbocycles. The van der Waals surface area contributed by atoms with Crippen molar-refractivity contribution >= 4 is 22.4 Å². The molecule has 1 rings (SSSR count). The number of carbonyl (C=O) groups excluding carboxylic acids is 1. The van der Waals surface area contributed by atoms with E-state index < -0.39 is 0 Å². The number of hydrogen-bond acceptors (Lipinski definition) is 6. The summed E-state index contributed by atoms with van der Waals surface area (Å²) in [5.74, 6) is 0.610. The Balaban J connectivity index is 2.62. The monoisotopic (exact) mass is 300 g/mol. The maximum atomic E-state index is 11.8. The smallest absolute Gasteiger partial charge is 0.237 e. The molecular weight excluding hydrogens is 276 g/mol. The SMILES string of the molecule is COc1nc(N(C)C)sc1CNC(C)C(=O)NC(C)C. The van der Waals surface area contributed by atoms with Crippen LogP contribution in [0.4, 0.5) is 5.13 Å². The average molecular weight is 300 g/mol. The molecule has 1 heterocycles. The van der Waals surface area contributed by atoms with Gasteiger partial charge in [-0.05, 0) is 20.8 Å². The molecule has 1 aromatic heterocycles. The van der Waals surface area contributed by atoms with Crippen LogP contribution >= 0.6 is 11.3 Å². The van der Waals surface area contributed by atoms with Crippen LogP contribution in [-0.4, -0.2) is 44.2 Å². The second-order valence-corrected chi connectivity index (χ2v) is 6.15. The number of amides is 1. The average Bonchev–Trinajstić information content (AvgIpc) is 2.78. The highest BCUT2D eigenvalue weighted by Gasteiger charge is 2.17.